The number of rotatable bonds is 1. The van der Waals surface area contributed by atoms with E-state index >= 15 is 0 Å². The lowest BCUT2D eigenvalue weighted by atomic mass is 10.2. The molecule has 72 valence electrons. The summed E-state index contributed by atoms with van der Waals surface area (Å²) < 4.78 is 0. The molecule has 0 aliphatic rings. The molecule has 1 amide bonds. The Morgan fingerprint density at radius 2 is 1.62 bits per heavy atom. The summed E-state index contributed by atoms with van der Waals surface area (Å²) >= 11 is 0. The van der Waals surface area contributed by atoms with Gasteiger partial charge < -0.3 is 5.32 Å². The van der Waals surface area contributed by atoms with Crippen LogP contribution in [0, 0.1) is 6.92 Å². The molecule has 0 aliphatic heterocycles. The monoisotopic (exact) mass is 179 g/mol. The van der Waals surface area contributed by atoms with Crippen molar-refractivity contribution in [1.82, 2.24) is 0 Å². The van der Waals surface area contributed by atoms with Gasteiger partial charge in [-0.15, -0.1) is 0 Å². The first kappa shape index (κ1) is 11.7. The summed E-state index contributed by atoms with van der Waals surface area (Å²) in [5.74, 6) is -0.0335. The zero-order valence-corrected chi connectivity index (χ0v) is 8.72. The summed E-state index contributed by atoms with van der Waals surface area (Å²) in [6.07, 6.45) is 0. The van der Waals surface area contributed by atoms with Gasteiger partial charge in [0.25, 0.3) is 0 Å². The van der Waals surface area contributed by atoms with E-state index in [1.165, 1.54) is 12.5 Å². The fourth-order valence-electron chi connectivity index (χ4n) is 0.840. The van der Waals surface area contributed by atoms with Crippen LogP contribution < -0.4 is 5.32 Å². The van der Waals surface area contributed by atoms with Gasteiger partial charge in [0.1, 0.15) is 0 Å². The van der Waals surface area contributed by atoms with Gasteiger partial charge in [0.05, 0.1) is 0 Å². The summed E-state index contributed by atoms with van der Waals surface area (Å²) in [5.41, 5.74) is 2.04. The second-order valence-corrected chi connectivity index (χ2v) is 2.55. The molecule has 0 atom stereocenters. The lowest BCUT2D eigenvalue weighted by Crippen LogP contribution is -2.05. The average molecular weight is 179 g/mol. The first-order valence-electron chi connectivity index (χ1n) is 4.53. The third-order valence-corrected chi connectivity index (χ3v) is 1.37. The van der Waals surface area contributed by atoms with Crippen LogP contribution in [-0.2, 0) is 4.79 Å². The van der Waals surface area contributed by atoms with Crippen molar-refractivity contribution >= 4 is 11.6 Å². The molecule has 1 aromatic carbocycles. The van der Waals surface area contributed by atoms with E-state index in [0.717, 1.165) is 5.69 Å². The zero-order chi connectivity index (χ0) is 10.3. The maximum absolute atomic E-state index is 10.6. The summed E-state index contributed by atoms with van der Waals surface area (Å²) in [6.45, 7) is 7.51. The number of amides is 1. The van der Waals surface area contributed by atoms with Gasteiger partial charge >= 0.3 is 0 Å². The maximum Gasteiger partial charge on any atom is 0.221 e. The summed E-state index contributed by atoms with van der Waals surface area (Å²) in [6, 6.07) is 7.70. The molecule has 0 radical (unpaired) electrons. The quantitative estimate of drug-likeness (QED) is 0.705. The van der Waals surface area contributed by atoms with Crippen molar-refractivity contribution in [3.05, 3.63) is 29.8 Å². The van der Waals surface area contributed by atoms with Crippen LogP contribution in [0.25, 0.3) is 0 Å². The fraction of sp³-hybridized carbons (Fsp3) is 0.364. The van der Waals surface area contributed by atoms with Crippen molar-refractivity contribution in [2.45, 2.75) is 27.7 Å². The summed E-state index contributed by atoms with van der Waals surface area (Å²) in [4.78, 5) is 10.6. The summed E-state index contributed by atoms with van der Waals surface area (Å²) in [5, 5.41) is 2.69. The Labute approximate surface area is 80.0 Å². The average Bonchev–Trinajstić information content (AvgIpc) is 2.12. The maximum atomic E-state index is 10.6. The molecule has 1 rings (SSSR count). The minimum absolute atomic E-state index is 0.0335. The number of benzene rings is 1. The van der Waals surface area contributed by atoms with Crippen molar-refractivity contribution in [1.29, 1.82) is 0 Å². The lowest BCUT2D eigenvalue weighted by molar-refractivity contribution is -0.114. The second kappa shape index (κ2) is 6.23. The van der Waals surface area contributed by atoms with Gasteiger partial charge in [-0.2, -0.15) is 0 Å². The van der Waals surface area contributed by atoms with Gasteiger partial charge in [-0.3, -0.25) is 4.79 Å². The Hall–Kier alpha value is -1.31. The molecule has 0 saturated carbocycles. The van der Waals surface area contributed by atoms with Gasteiger partial charge in [-0.05, 0) is 19.1 Å². The number of hydrogen-bond donors (Lipinski definition) is 1. The van der Waals surface area contributed by atoms with Crippen LogP contribution in [-0.4, -0.2) is 5.91 Å². The predicted octanol–water partition coefficient (Wildman–Crippen LogP) is 2.98. The molecular formula is C11H17NO. The molecule has 1 N–H and O–H groups in total. The topological polar surface area (TPSA) is 29.1 Å². The highest BCUT2D eigenvalue weighted by Gasteiger charge is 1.92. The van der Waals surface area contributed by atoms with Crippen LogP contribution in [0.4, 0.5) is 5.69 Å². The minimum Gasteiger partial charge on any atom is -0.326 e. The van der Waals surface area contributed by atoms with Crippen molar-refractivity contribution in [3.8, 4) is 0 Å². The van der Waals surface area contributed by atoms with Gasteiger partial charge in [-0.1, -0.05) is 31.5 Å². The number of carbonyl (C=O) groups is 1. The number of nitrogens with one attached hydrogen (secondary N) is 1. The molecule has 0 aliphatic carbocycles. The van der Waals surface area contributed by atoms with E-state index in [1.54, 1.807) is 0 Å². The smallest absolute Gasteiger partial charge is 0.221 e. The molecular weight excluding hydrogens is 162 g/mol. The highest BCUT2D eigenvalue weighted by Crippen LogP contribution is 2.07. The molecule has 1 aromatic rings. The van der Waals surface area contributed by atoms with E-state index in [0.29, 0.717) is 0 Å². The lowest BCUT2D eigenvalue weighted by Gasteiger charge is -2.00. The van der Waals surface area contributed by atoms with E-state index in [4.69, 9.17) is 0 Å². The molecule has 0 aromatic heterocycles. The fourth-order valence-corrected chi connectivity index (χ4v) is 0.840. The number of aryl methyl sites for hydroxylation is 1. The van der Waals surface area contributed by atoms with Crippen molar-refractivity contribution < 1.29 is 4.79 Å². The standard InChI is InChI=1S/C9H11NO.C2H6/c1-7-3-5-9(6-4-7)10-8(2)11;1-2/h3-6H,1-2H3,(H,10,11);1-2H3. The van der Waals surface area contributed by atoms with Gasteiger partial charge in [0.15, 0.2) is 0 Å². The van der Waals surface area contributed by atoms with Crippen molar-refractivity contribution in [2.75, 3.05) is 5.32 Å². The number of carbonyl (C=O) groups excluding carboxylic acids is 1. The zero-order valence-electron chi connectivity index (χ0n) is 8.72. The molecule has 2 nitrogen and oxygen atoms in total. The van der Waals surface area contributed by atoms with Crippen LogP contribution in [0.5, 0.6) is 0 Å². The SMILES string of the molecule is CC.CC(=O)Nc1ccc(C)cc1. The Morgan fingerprint density at radius 1 is 1.15 bits per heavy atom. The number of hydrogen-bond acceptors (Lipinski definition) is 1. The number of anilines is 1. The molecule has 0 bridgehead atoms. The second-order valence-electron chi connectivity index (χ2n) is 2.55. The minimum atomic E-state index is -0.0335. The molecule has 2 heteroatoms. The molecule has 0 heterocycles. The van der Waals surface area contributed by atoms with Gasteiger partial charge in [0, 0.05) is 12.6 Å². The molecule has 0 spiro atoms. The van der Waals surface area contributed by atoms with E-state index in [9.17, 15) is 4.79 Å². The van der Waals surface area contributed by atoms with Gasteiger partial charge in [0.2, 0.25) is 5.91 Å². The van der Waals surface area contributed by atoms with E-state index in [-0.39, 0.29) is 5.91 Å². The van der Waals surface area contributed by atoms with Crippen LogP contribution in [0.2, 0.25) is 0 Å². The van der Waals surface area contributed by atoms with Crippen molar-refractivity contribution in [2.24, 2.45) is 0 Å². The van der Waals surface area contributed by atoms with Crippen LogP contribution in [0.3, 0.4) is 0 Å². The Morgan fingerprint density at radius 3 is 2.00 bits per heavy atom. The molecule has 0 unspecified atom stereocenters. The molecule has 13 heavy (non-hydrogen) atoms. The van der Waals surface area contributed by atoms with Crippen LogP contribution in [0.1, 0.15) is 26.3 Å². The first-order valence-corrected chi connectivity index (χ1v) is 4.53. The first-order chi connectivity index (χ1) is 6.18. The van der Waals surface area contributed by atoms with Crippen molar-refractivity contribution in [3.63, 3.8) is 0 Å². The highest BCUT2D eigenvalue weighted by atomic mass is 16.1. The summed E-state index contributed by atoms with van der Waals surface area (Å²) in [7, 11) is 0. The molecule has 0 fully saturated rings. The predicted molar refractivity (Wildman–Crippen MR) is 56.8 cm³/mol. The highest BCUT2D eigenvalue weighted by molar-refractivity contribution is 5.88. The van der Waals surface area contributed by atoms with Crippen LogP contribution >= 0.6 is 0 Å². The third-order valence-electron chi connectivity index (χ3n) is 1.37. The van der Waals surface area contributed by atoms with E-state index < -0.39 is 0 Å². The van der Waals surface area contributed by atoms with E-state index in [2.05, 4.69) is 5.32 Å². The normalized spacial score (nSPS) is 8.31. The van der Waals surface area contributed by atoms with Crippen LogP contribution in [0.15, 0.2) is 24.3 Å². The van der Waals surface area contributed by atoms with Gasteiger partial charge in [-0.25, -0.2) is 0 Å². The Bertz CT molecular complexity index is 251. The third kappa shape index (κ3) is 5.01. The Kier molecular flexibility index (Phi) is 5.60. The Balaban J connectivity index is 0.000000671. The van der Waals surface area contributed by atoms with E-state index in [1.807, 2.05) is 45.0 Å². The largest absolute Gasteiger partial charge is 0.326 e. The molecule has 0 saturated heterocycles.